The van der Waals surface area contributed by atoms with Crippen LogP contribution in [0.4, 0.5) is 5.13 Å². The number of hydrogen-bond donors (Lipinski definition) is 1. The molecule has 1 aliphatic rings. The molecule has 1 N–H and O–H groups in total. The molecule has 2 heterocycles. The molecule has 4 rings (SSSR count). The molecule has 0 aliphatic carbocycles. The van der Waals surface area contributed by atoms with Gasteiger partial charge in [0.2, 0.25) is 0 Å². The average Bonchev–Trinajstić information content (AvgIpc) is 3.10. The molecule has 1 fully saturated rings. The van der Waals surface area contributed by atoms with E-state index in [0.717, 1.165) is 58.5 Å². The van der Waals surface area contributed by atoms with E-state index in [9.17, 15) is 4.79 Å². The topological polar surface area (TPSA) is 56.7 Å². The second-order valence-electron chi connectivity index (χ2n) is 7.49. The Kier molecular flexibility index (Phi) is 6.04. The van der Waals surface area contributed by atoms with Crippen molar-refractivity contribution < 1.29 is 9.90 Å². The Morgan fingerprint density at radius 2 is 2.07 bits per heavy atom. The molecule has 0 amide bonds. The van der Waals surface area contributed by atoms with Crippen LogP contribution < -0.4 is 4.90 Å². The van der Waals surface area contributed by atoms with Crippen molar-refractivity contribution in [2.75, 3.05) is 24.5 Å². The normalized spacial score (nSPS) is 17.7. The van der Waals surface area contributed by atoms with E-state index in [2.05, 4.69) is 22.8 Å². The molecule has 29 heavy (non-hydrogen) atoms. The van der Waals surface area contributed by atoms with Crippen molar-refractivity contribution in [3.63, 3.8) is 0 Å². The fourth-order valence-electron chi connectivity index (χ4n) is 3.94. The zero-order valence-electron chi connectivity index (χ0n) is 16.3. The summed E-state index contributed by atoms with van der Waals surface area (Å²) in [6, 6.07) is 14.2. The summed E-state index contributed by atoms with van der Waals surface area (Å²) in [4.78, 5) is 20.7. The van der Waals surface area contributed by atoms with Gasteiger partial charge in [-0.15, -0.1) is 0 Å². The highest BCUT2D eigenvalue weighted by Crippen LogP contribution is 2.33. The van der Waals surface area contributed by atoms with Gasteiger partial charge in [0.15, 0.2) is 5.13 Å². The van der Waals surface area contributed by atoms with Crippen molar-refractivity contribution in [1.82, 2.24) is 9.88 Å². The molecule has 0 saturated carbocycles. The highest BCUT2D eigenvalue weighted by molar-refractivity contribution is 7.22. The lowest BCUT2D eigenvalue weighted by molar-refractivity contribution is -0.136. The maximum absolute atomic E-state index is 11.0. The summed E-state index contributed by atoms with van der Waals surface area (Å²) in [5, 5.41) is 10.8. The lowest BCUT2D eigenvalue weighted by Gasteiger charge is -2.41. The van der Waals surface area contributed by atoms with Crippen LogP contribution in [0.15, 0.2) is 42.5 Å². The second kappa shape index (κ2) is 8.69. The van der Waals surface area contributed by atoms with Gasteiger partial charge >= 0.3 is 5.97 Å². The van der Waals surface area contributed by atoms with E-state index in [1.807, 2.05) is 36.4 Å². The van der Waals surface area contributed by atoms with Crippen LogP contribution in [0.25, 0.3) is 10.2 Å². The Hall–Kier alpha value is -2.15. The number of anilines is 1. The molecule has 1 saturated heterocycles. The van der Waals surface area contributed by atoms with Crippen LogP contribution in [0.5, 0.6) is 0 Å². The van der Waals surface area contributed by atoms with Crippen LogP contribution in [0.1, 0.15) is 24.5 Å². The number of thiazole rings is 1. The molecule has 152 valence electrons. The first-order valence-corrected chi connectivity index (χ1v) is 11.1. The summed E-state index contributed by atoms with van der Waals surface area (Å²) >= 11 is 7.84. The Bertz CT molecular complexity index is 1020. The van der Waals surface area contributed by atoms with Crippen LogP contribution in [-0.2, 0) is 17.8 Å². The van der Waals surface area contributed by atoms with E-state index < -0.39 is 5.97 Å². The van der Waals surface area contributed by atoms with Crippen molar-refractivity contribution >= 4 is 44.3 Å². The quantitative estimate of drug-likeness (QED) is 0.616. The number of aliphatic carboxylic acids is 1. The fraction of sp³-hybridized carbons (Fsp3) is 0.364. The first-order valence-electron chi connectivity index (χ1n) is 9.86. The molecular weight excluding hydrogens is 406 g/mol. The largest absolute Gasteiger partial charge is 0.481 e. The Balaban J connectivity index is 1.46. The van der Waals surface area contributed by atoms with Gasteiger partial charge < -0.3 is 10.0 Å². The number of aromatic nitrogens is 1. The predicted octanol–water partition coefficient (Wildman–Crippen LogP) is 4.68. The lowest BCUT2D eigenvalue weighted by Crippen LogP contribution is -2.52. The third kappa shape index (κ3) is 4.71. The third-order valence-electron chi connectivity index (χ3n) is 5.38. The third-order valence-corrected chi connectivity index (χ3v) is 6.67. The molecule has 1 aromatic heterocycles. The first-order chi connectivity index (χ1) is 14.0. The maximum Gasteiger partial charge on any atom is 0.307 e. The molecule has 3 aromatic rings. The molecule has 0 radical (unpaired) electrons. The van der Waals surface area contributed by atoms with Crippen LogP contribution in [-0.4, -0.2) is 46.6 Å². The molecule has 7 heteroatoms. The number of carbonyl (C=O) groups is 1. The molecular formula is C22H24ClN3O2S. The molecule has 1 aliphatic heterocycles. The molecule has 0 bridgehead atoms. The van der Waals surface area contributed by atoms with E-state index in [0.29, 0.717) is 6.04 Å². The van der Waals surface area contributed by atoms with Crippen molar-refractivity contribution in [1.29, 1.82) is 0 Å². The van der Waals surface area contributed by atoms with Crippen molar-refractivity contribution in [3.8, 4) is 0 Å². The number of carboxylic acids is 1. The maximum atomic E-state index is 11.0. The zero-order valence-corrected chi connectivity index (χ0v) is 17.9. The number of halogens is 1. The van der Waals surface area contributed by atoms with Gasteiger partial charge in [0.05, 0.1) is 16.6 Å². The van der Waals surface area contributed by atoms with Gasteiger partial charge in [-0.3, -0.25) is 9.69 Å². The number of piperazine rings is 1. The van der Waals surface area contributed by atoms with E-state index in [1.54, 1.807) is 11.3 Å². The molecule has 0 spiro atoms. The van der Waals surface area contributed by atoms with E-state index in [1.165, 1.54) is 5.56 Å². The van der Waals surface area contributed by atoms with E-state index in [4.69, 9.17) is 21.7 Å². The molecule has 5 nitrogen and oxygen atoms in total. The predicted molar refractivity (Wildman–Crippen MR) is 119 cm³/mol. The molecule has 0 unspecified atom stereocenters. The summed E-state index contributed by atoms with van der Waals surface area (Å²) in [6.07, 6.45) is 1.12. The first kappa shape index (κ1) is 20.1. The lowest BCUT2D eigenvalue weighted by atomic mass is 10.1. The minimum atomic E-state index is -0.793. The van der Waals surface area contributed by atoms with Gasteiger partial charge in [0, 0.05) is 37.2 Å². The summed E-state index contributed by atoms with van der Waals surface area (Å²) < 4.78 is 1.13. The monoisotopic (exact) mass is 429 g/mol. The second-order valence-corrected chi connectivity index (χ2v) is 8.94. The van der Waals surface area contributed by atoms with Crippen molar-refractivity contribution in [2.24, 2.45) is 0 Å². The van der Waals surface area contributed by atoms with Gasteiger partial charge in [-0.25, -0.2) is 4.98 Å². The SMILES string of the molecule is CC[C@@H]1CN(Cc2cccc(CC(=O)O)c2)CCN1c1nc2ccc(Cl)cc2s1. The minimum absolute atomic E-state index is 0.0703. The number of fused-ring (bicyclic) bond motifs is 1. The van der Waals surface area contributed by atoms with Gasteiger partial charge in [0.1, 0.15) is 0 Å². The number of carboxylic acid groups (broad SMARTS) is 1. The summed E-state index contributed by atoms with van der Waals surface area (Å²) in [7, 11) is 0. The Labute approximate surface area is 179 Å². The van der Waals surface area contributed by atoms with Crippen molar-refractivity contribution in [3.05, 3.63) is 58.6 Å². The van der Waals surface area contributed by atoms with Crippen LogP contribution in [0.3, 0.4) is 0 Å². The average molecular weight is 430 g/mol. The van der Waals surface area contributed by atoms with Crippen LogP contribution >= 0.6 is 22.9 Å². The van der Waals surface area contributed by atoms with Gasteiger partial charge in [-0.2, -0.15) is 0 Å². The number of benzene rings is 2. The Morgan fingerprint density at radius 1 is 1.24 bits per heavy atom. The molecule has 1 atom stereocenters. The van der Waals surface area contributed by atoms with Crippen molar-refractivity contribution in [2.45, 2.75) is 32.4 Å². The van der Waals surface area contributed by atoms with E-state index in [-0.39, 0.29) is 6.42 Å². The number of hydrogen-bond acceptors (Lipinski definition) is 5. The summed E-state index contributed by atoms with van der Waals surface area (Å²) in [5.74, 6) is -0.793. The van der Waals surface area contributed by atoms with Crippen LogP contribution in [0, 0.1) is 0 Å². The smallest absolute Gasteiger partial charge is 0.307 e. The fourth-order valence-corrected chi connectivity index (χ4v) is 5.28. The highest BCUT2D eigenvalue weighted by Gasteiger charge is 2.28. The van der Waals surface area contributed by atoms with Gasteiger partial charge in [0.25, 0.3) is 0 Å². The highest BCUT2D eigenvalue weighted by atomic mass is 35.5. The number of nitrogens with zero attached hydrogens (tertiary/aromatic N) is 3. The standard InChI is InChI=1S/C22H24ClN3O2S/c1-2-18-14-25(13-16-5-3-4-15(10-16)11-21(27)28)8-9-26(18)22-24-19-7-6-17(23)12-20(19)29-22/h3-7,10,12,18H,2,8-9,11,13-14H2,1H3,(H,27,28)/t18-/m1/s1. The summed E-state index contributed by atoms with van der Waals surface area (Å²) in [6.45, 7) is 5.92. The number of rotatable bonds is 6. The Morgan fingerprint density at radius 3 is 2.86 bits per heavy atom. The zero-order chi connectivity index (χ0) is 20.4. The van der Waals surface area contributed by atoms with Gasteiger partial charge in [-0.1, -0.05) is 54.1 Å². The van der Waals surface area contributed by atoms with Gasteiger partial charge in [-0.05, 0) is 35.7 Å². The minimum Gasteiger partial charge on any atom is -0.481 e. The summed E-state index contributed by atoms with van der Waals surface area (Å²) in [5.41, 5.74) is 3.03. The van der Waals surface area contributed by atoms with Crippen LogP contribution in [0.2, 0.25) is 5.02 Å². The molecule has 2 aromatic carbocycles. The van der Waals surface area contributed by atoms with E-state index >= 15 is 0 Å².